The van der Waals surface area contributed by atoms with E-state index in [1.54, 1.807) is 11.8 Å². The van der Waals surface area contributed by atoms with Crippen molar-refractivity contribution in [2.75, 3.05) is 7.11 Å². The van der Waals surface area contributed by atoms with Gasteiger partial charge in [0.25, 0.3) is 0 Å². The summed E-state index contributed by atoms with van der Waals surface area (Å²) in [6.45, 7) is 5.05. The van der Waals surface area contributed by atoms with E-state index in [0.29, 0.717) is 18.1 Å². The molecule has 0 aliphatic rings. The van der Waals surface area contributed by atoms with Crippen molar-refractivity contribution in [2.24, 2.45) is 5.73 Å². The summed E-state index contributed by atoms with van der Waals surface area (Å²) in [6.07, 6.45) is 1.53. The number of aromatic nitrogens is 3. The predicted molar refractivity (Wildman–Crippen MR) is 75.6 cm³/mol. The number of methoxy groups -OCH3 is 1. The Morgan fingerprint density at radius 1 is 1.35 bits per heavy atom. The molecule has 108 valence electrons. The number of hydrogen-bond donors (Lipinski definition) is 1. The quantitative estimate of drug-likeness (QED) is 0.872. The smallest absolute Gasteiger partial charge is 0.164 e. The molecule has 6 heteroatoms. The molecule has 0 amide bonds. The van der Waals surface area contributed by atoms with Crippen LogP contribution in [0.5, 0.6) is 11.5 Å². The van der Waals surface area contributed by atoms with Gasteiger partial charge < -0.3 is 15.2 Å². The van der Waals surface area contributed by atoms with E-state index in [1.807, 2.05) is 32.0 Å². The van der Waals surface area contributed by atoms with Crippen LogP contribution in [-0.4, -0.2) is 21.9 Å². The van der Waals surface area contributed by atoms with Gasteiger partial charge in [-0.15, -0.1) is 0 Å². The first-order valence-electron chi connectivity index (χ1n) is 6.58. The van der Waals surface area contributed by atoms with Gasteiger partial charge in [-0.2, -0.15) is 5.10 Å². The van der Waals surface area contributed by atoms with E-state index in [2.05, 4.69) is 10.1 Å². The molecule has 0 spiro atoms. The van der Waals surface area contributed by atoms with Gasteiger partial charge in [-0.05, 0) is 31.5 Å². The molecule has 0 aliphatic heterocycles. The van der Waals surface area contributed by atoms with Crippen molar-refractivity contribution in [3.8, 4) is 11.5 Å². The Morgan fingerprint density at radius 2 is 2.15 bits per heavy atom. The van der Waals surface area contributed by atoms with Crippen molar-refractivity contribution < 1.29 is 9.47 Å². The first-order chi connectivity index (χ1) is 9.65. The highest BCUT2D eigenvalue weighted by molar-refractivity contribution is 5.43. The molecule has 0 aliphatic carbocycles. The minimum absolute atomic E-state index is 0.0406. The zero-order chi connectivity index (χ0) is 14.5. The van der Waals surface area contributed by atoms with E-state index < -0.39 is 0 Å². The Hall–Kier alpha value is -2.08. The summed E-state index contributed by atoms with van der Waals surface area (Å²) >= 11 is 0. The van der Waals surface area contributed by atoms with Gasteiger partial charge in [0.05, 0.1) is 7.11 Å². The number of nitrogens with zero attached hydrogens (tertiary/aromatic N) is 3. The predicted octanol–water partition coefficient (Wildman–Crippen LogP) is 1.91. The van der Waals surface area contributed by atoms with Crippen molar-refractivity contribution in [3.05, 3.63) is 35.9 Å². The van der Waals surface area contributed by atoms with Crippen molar-refractivity contribution in [1.82, 2.24) is 14.8 Å². The van der Waals surface area contributed by atoms with Crippen LogP contribution < -0.4 is 15.2 Å². The van der Waals surface area contributed by atoms with Gasteiger partial charge in [0.2, 0.25) is 0 Å². The van der Waals surface area contributed by atoms with Crippen molar-refractivity contribution in [2.45, 2.75) is 33.0 Å². The summed E-state index contributed by atoms with van der Waals surface area (Å²) in [5.74, 6) is 2.12. The average Bonchev–Trinajstić information content (AvgIpc) is 2.92. The van der Waals surface area contributed by atoms with Gasteiger partial charge in [0.15, 0.2) is 17.3 Å². The molecular weight excluding hydrogens is 256 g/mol. The van der Waals surface area contributed by atoms with Crippen LogP contribution in [0.4, 0.5) is 0 Å². The molecule has 0 saturated heterocycles. The molecule has 1 atom stereocenters. The summed E-state index contributed by atoms with van der Waals surface area (Å²) < 4.78 is 12.9. The minimum atomic E-state index is -0.0406. The SMILES string of the molecule is CCn1ncnc1COc1ccc(C(C)N)cc1OC. The molecule has 0 bridgehead atoms. The molecule has 0 fully saturated rings. The topological polar surface area (TPSA) is 75.2 Å². The lowest BCUT2D eigenvalue weighted by Crippen LogP contribution is -2.08. The Kier molecular flexibility index (Phi) is 4.57. The maximum atomic E-state index is 5.86. The van der Waals surface area contributed by atoms with E-state index in [9.17, 15) is 0 Å². The van der Waals surface area contributed by atoms with Crippen LogP contribution in [0.3, 0.4) is 0 Å². The second-order valence-corrected chi connectivity index (χ2v) is 4.48. The zero-order valence-corrected chi connectivity index (χ0v) is 12.0. The highest BCUT2D eigenvalue weighted by Gasteiger charge is 2.10. The van der Waals surface area contributed by atoms with Gasteiger partial charge in [-0.25, -0.2) is 9.67 Å². The van der Waals surface area contributed by atoms with Gasteiger partial charge in [-0.1, -0.05) is 6.07 Å². The van der Waals surface area contributed by atoms with Crippen LogP contribution in [0.15, 0.2) is 24.5 Å². The standard InChI is InChI=1S/C14H20N4O2/c1-4-18-14(16-9-17-18)8-20-12-6-5-11(10(2)15)7-13(12)19-3/h5-7,9-10H,4,8,15H2,1-3H3. The lowest BCUT2D eigenvalue weighted by molar-refractivity contribution is 0.269. The van der Waals surface area contributed by atoms with E-state index in [4.69, 9.17) is 15.2 Å². The van der Waals surface area contributed by atoms with Crippen LogP contribution in [0.1, 0.15) is 31.3 Å². The second kappa shape index (κ2) is 6.38. The number of benzene rings is 1. The van der Waals surface area contributed by atoms with Crippen molar-refractivity contribution in [3.63, 3.8) is 0 Å². The summed E-state index contributed by atoms with van der Waals surface area (Å²) in [7, 11) is 1.61. The first-order valence-corrected chi connectivity index (χ1v) is 6.58. The molecule has 2 rings (SSSR count). The lowest BCUT2D eigenvalue weighted by atomic mass is 10.1. The van der Waals surface area contributed by atoms with Gasteiger partial charge in [0, 0.05) is 12.6 Å². The molecule has 2 N–H and O–H groups in total. The maximum Gasteiger partial charge on any atom is 0.164 e. The largest absolute Gasteiger partial charge is 0.493 e. The van der Waals surface area contributed by atoms with Crippen molar-refractivity contribution in [1.29, 1.82) is 0 Å². The number of ether oxygens (including phenoxy) is 2. The molecule has 1 heterocycles. The Morgan fingerprint density at radius 3 is 2.80 bits per heavy atom. The zero-order valence-electron chi connectivity index (χ0n) is 12.0. The Labute approximate surface area is 118 Å². The van der Waals surface area contributed by atoms with Crippen LogP contribution in [0.25, 0.3) is 0 Å². The Bertz CT molecular complexity index is 566. The fourth-order valence-corrected chi connectivity index (χ4v) is 1.89. The van der Waals surface area contributed by atoms with Crippen molar-refractivity contribution >= 4 is 0 Å². The van der Waals surface area contributed by atoms with Crippen LogP contribution in [-0.2, 0) is 13.2 Å². The van der Waals surface area contributed by atoms with Gasteiger partial charge in [0.1, 0.15) is 12.9 Å². The fraction of sp³-hybridized carbons (Fsp3) is 0.429. The number of rotatable bonds is 6. The molecule has 6 nitrogen and oxygen atoms in total. The third-order valence-corrected chi connectivity index (χ3v) is 3.07. The third-order valence-electron chi connectivity index (χ3n) is 3.07. The van der Waals surface area contributed by atoms with Gasteiger partial charge in [-0.3, -0.25) is 0 Å². The molecule has 1 unspecified atom stereocenters. The molecule has 1 aromatic carbocycles. The number of hydrogen-bond acceptors (Lipinski definition) is 5. The maximum absolute atomic E-state index is 5.86. The molecule has 1 aromatic heterocycles. The minimum Gasteiger partial charge on any atom is -0.493 e. The summed E-state index contributed by atoms with van der Waals surface area (Å²) in [5.41, 5.74) is 6.86. The fourth-order valence-electron chi connectivity index (χ4n) is 1.89. The average molecular weight is 276 g/mol. The monoisotopic (exact) mass is 276 g/mol. The summed E-state index contributed by atoms with van der Waals surface area (Å²) in [5, 5.41) is 4.10. The second-order valence-electron chi connectivity index (χ2n) is 4.48. The molecule has 20 heavy (non-hydrogen) atoms. The van der Waals surface area contributed by atoms with Crippen LogP contribution in [0.2, 0.25) is 0 Å². The van der Waals surface area contributed by atoms with E-state index in [-0.39, 0.29) is 6.04 Å². The normalized spacial score (nSPS) is 12.2. The first kappa shape index (κ1) is 14.3. The van der Waals surface area contributed by atoms with Gasteiger partial charge >= 0.3 is 0 Å². The lowest BCUT2D eigenvalue weighted by Gasteiger charge is -2.13. The summed E-state index contributed by atoms with van der Waals surface area (Å²) in [4.78, 5) is 4.17. The number of nitrogens with two attached hydrogens (primary N) is 1. The molecule has 2 aromatic rings. The molecule has 0 saturated carbocycles. The molecular formula is C14H20N4O2. The third kappa shape index (κ3) is 3.08. The number of aryl methyl sites for hydroxylation is 1. The Balaban J connectivity index is 2.13. The van der Waals surface area contributed by atoms with E-state index in [1.165, 1.54) is 6.33 Å². The van der Waals surface area contributed by atoms with E-state index >= 15 is 0 Å². The highest BCUT2D eigenvalue weighted by Crippen LogP contribution is 2.30. The van der Waals surface area contributed by atoms with E-state index in [0.717, 1.165) is 17.9 Å². The van der Waals surface area contributed by atoms with Crippen LogP contribution >= 0.6 is 0 Å². The highest BCUT2D eigenvalue weighted by atomic mass is 16.5. The summed E-state index contributed by atoms with van der Waals surface area (Å²) in [6, 6.07) is 5.66. The molecule has 0 radical (unpaired) electrons. The van der Waals surface area contributed by atoms with Crippen LogP contribution in [0, 0.1) is 0 Å².